The third-order valence-corrected chi connectivity index (χ3v) is 5.08. The lowest BCUT2D eigenvalue weighted by Gasteiger charge is -2.50. The third kappa shape index (κ3) is 2.08. The first-order valence-corrected chi connectivity index (χ1v) is 6.87. The van der Waals surface area contributed by atoms with Crippen molar-refractivity contribution in [2.75, 3.05) is 0 Å². The molecule has 4 atom stereocenters. The molecule has 2 aliphatic rings. The van der Waals surface area contributed by atoms with E-state index in [0.717, 1.165) is 37.5 Å². The summed E-state index contributed by atoms with van der Waals surface area (Å²) in [5.74, 6) is 1.66. The Hall–Kier alpha value is -0.630. The minimum Gasteiger partial charge on any atom is -0.389 e. The Kier molecular flexibility index (Phi) is 3.44. The zero-order valence-corrected chi connectivity index (χ0v) is 11.1. The first-order chi connectivity index (χ1) is 7.99. The van der Waals surface area contributed by atoms with Crippen LogP contribution in [0.1, 0.15) is 46.5 Å². The fraction of sp³-hybridized carbons (Fsp3) is 0.800. The maximum Gasteiger partial charge on any atom is 0.145 e. The van der Waals surface area contributed by atoms with Crippen molar-refractivity contribution in [2.45, 2.75) is 52.1 Å². The van der Waals surface area contributed by atoms with Gasteiger partial charge in [0.05, 0.1) is 5.60 Å². The molecule has 0 aliphatic heterocycles. The summed E-state index contributed by atoms with van der Waals surface area (Å²) in [5, 5.41) is 10.9. The van der Waals surface area contributed by atoms with Crippen LogP contribution in [0.15, 0.2) is 11.6 Å². The lowest BCUT2D eigenvalue weighted by molar-refractivity contribution is -0.110. The maximum absolute atomic E-state index is 10.9. The number of allylic oxidation sites excluding steroid dienone is 1. The van der Waals surface area contributed by atoms with Crippen molar-refractivity contribution in [1.29, 1.82) is 0 Å². The van der Waals surface area contributed by atoms with Gasteiger partial charge in [-0.05, 0) is 49.0 Å². The molecule has 2 nitrogen and oxygen atoms in total. The van der Waals surface area contributed by atoms with Crippen LogP contribution in [-0.2, 0) is 4.79 Å². The summed E-state index contributed by atoms with van der Waals surface area (Å²) < 4.78 is 0. The fourth-order valence-corrected chi connectivity index (χ4v) is 3.72. The number of hydrogen-bond acceptors (Lipinski definition) is 2. The van der Waals surface area contributed by atoms with Crippen LogP contribution in [0.2, 0.25) is 0 Å². The standard InChI is InChI=1S/C15H24O2/c1-10(2)15(17)7-6-11(3)13-5-4-12(9-16)8-14(13)15/h8-11,13-14,17H,4-7H2,1-3H3/t11-,13+,14-,15+/m1/s1. The van der Waals surface area contributed by atoms with Gasteiger partial charge in [0.15, 0.2) is 0 Å². The molecule has 1 N–H and O–H groups in total. The van der Waals surface area contributed by atoms with Crippen molar-refractivity contribution in [3.05, 3.63) is 11.6 Å². The lowest BCUT2D eigenvalue weighted by atomic mass is 9.58. The van der Waals surface area contributed by atoms with E-state index >= 15 is 0 Å². The van der Waals surface area contributed by atoms with Crippen LogP contribution in [0.4, 0.5) is 0 Å². The number of aldehydes is 1. The summed E-state index contributed by atoms with van der Waals surface area (Å²) >= 11 is 0. The molecule has 2 rings (SSSR count). The topological polar surface area (TPSA) is 37.3 Å². The highest BCUT2D eigenvalue weighted by atomic mass is 16.3. The predicted octanol–water partition coefficient (Wildman–Crippen LogP) is 2.95. The Bertz CT molecular complexity index is 332. The normalized spacial score (nSPS) is 41.9. The molecule has 0 amide bonds. The van der Waals surface area contributed by atoms with Gasteiger partial charge in [0.2, 0.25) is 0 Å². The van der Waals surface area contributed by atoms with Crippen molar-refractivity contribution >= 4 is 6.29 Å². The smallest absolute Gasteiger partial charge is 0.145 e. The molecule has 0 heterocycles. The Balaban J connectivity index is 2.35. The minimum absolute atomic E-state index is 0.181. The molecular weight excluding hydrogens is 212 g/mol. The summed E-state index contributed by atoms with van der Waals surface area (Å²) in [7, 11) is 0. The molecule has 0 radical (unpaired) electrons. The van der Waals surface area contributed by atoms with Crippen molar-refractivity contribution in [1.82, 2.24) is 0 Å². The van der Waals surface area contributed by atoms with Crippen molar-refractivity contribution in [2.24, 2.45) is 23.7 Å². The van der Waals surface area contributed by atoms with Crippen LogP contribution in [0.5, 0.6) is 0 Å². The zero-order valence-electron chi connectivity index (χ0n) is 11.1. The fourth-order valence-electron chi connectivity index (χ4n) is 3.72. The first kappa shape index (κ1) is 12.8. The Labute approximate surface area is 104 Å². The number of aliphatic hydroxyl groups is 1. The highest BCUT2D eigenvalue weighted by molar-refractivity contribution is 5.73. The molecule has 0 saturated heterocycles. The van der Waals surface area contributed by atoms with Crippen LogP contribution >= 0.6 is 0 Å². The molecule has 0 bridgehead atoms. The van der Waals surface area contributed by atoms with Crippen molar-refractivity contribution < 1.29 is 9.90 Å². The molecule has 2 aliphatic carbocycles. The van der Waals surface area contributed by atoms with Crippen LogP contribution < -0.4 is 0 Å². The summed E-state index contributed by atoms with van der Waals surface area (Å²) in [6.45, 7) is 6.48. The van der Waals surface area contributed by atoms with E-state index < -0.39 is 5.60 Å². The largest absolute Gasteiger partial charge is 0.389 e. The van der Waals surface area contributed by atoms with E-state index in [1.165, 1.54) is 0 Å². The molecule has 0 aromatic heterocycles. The minimum atomic E-state index is -0.605. The molecule has 2 heteroatoms. The monoisotopic (exact) mass is 236 g/mol. The van der Waals surface area contributed by atoms with Gasteiger partial charge in [-0.2, -0.15) is 0 Å². The number of rotatable bonds is 2. The molecule has 17 heavy (non-hydrogen) atoms. The van der Waals surface area contributed by atoms with E-state index in [2.05, 4.69) is 26.8 Å². The van der Waals surface area contributed by atoms with E-state index in [-0.39, 0.29) is 11.8 Å². The summed E-state index contributed by atoms with van der Waals surface area (Å²) in [5.41, 5.74) is 0.283. The van der Waals surface area contributed by atoms with Gasteiger partial charge in [-0.15, -0.1) is 0 Å². The van der Waals surface area contributed by atoms with E-state index in [9.17, 15) is 9.90 Å². The first-order valence-electron chi connectivity index (χ1n) is 6.87. The van der Waals surface area contributed by atoms with Crippen molar-refractivity contribution in [3.8, 4) is 0 Å². The second-order valence-electron chi connectivity index (χ2n) is 6.25. The molecule has 1 fully saturated rings. The number of fused-ring (bicyclic) bond motifs is 1. The summed E-state index contributed by atoms with van der Waals surface area (Å²) in [6, 6.07) is 0. The zero-order chi connectivity index (χ0) is 12.6. The van der Waals surface area contributed by atoms with Gasteiger partial charge in [0.25, 0.3) is 0 Å². The molecule has 0 unspecified atom stereocenters. The molecule has 96 valence electrons. The van der Waals surface area contributed by atoms with Gasteiger partial charge in [-0.1, -0.05) is 26.8 Å². The van der Waals surface area contributed by atoms with Crippen LogP contribution in [0.3, 0.4) is 0 Å². The number of hydrogen-bond donors (Lipinski definition) is 1. The summed E-state index contributed by atoms with van der Waals surface area (Å²) in [6.07, 6.45) is 6.97. The van der Waals surface area contributed by atoms with E-state index in [1.54, 1.807) is 0 Å². The Morgan fingerprint density at radius 1 is 1.47 bits per heavy atom. The Morgan fingerprint density at radius 2 is 2.18 bits per heavy atom. The van der Waals surface area contributed by atoms with E-state index in [1.807, 2.05) is 0 Å². The van der Waals surface area contributed by atoms with Gasteiger partial charge >= 0.3 is 0 Å². The second-order valence-corrected chi connectivity index (χ2v) is 6.25. The van der Waals surface area contributed by atoms with E-state index in [0.29, 0.717) is 11.8 Å². The highest BCUT2D eigenvalue weighted by Gasteiger charge is 2.48. The summed E-state index contributed by atoms with van der Waals surface area (Å²) in [4.78, 5) is 10.9. The highest BCUT2D eigenvalue weighted by Crippen LogP contribution is 2.49. The lowest BCUT2D eigenvalue weighted by Crippen LogP contribution is -2.51. The number of carbonyl (C=O) groups excluding carboxylic acids is 1. The van der Waals surface area contributed by atoms with Gasteiger partial charge in [-0.25, -0.2) is 0 Å². The van der Waals surface area contributed by atoms with Gasteiger partial charge in [-0.3, -0.25) is 4.79 Å². The average molecular weight is 236 g/mol. The van der Waals surface area contributed by atoms with Gasteiger partial charge in [0.1, 0.15) is 6.29 Å². The van der Waals surface area contributed by atoms with Crippen LogP contribution in [0, 0.1) is 23.7 Å². The molecule has 0 spiro atoms. The average Bonchev–Trinajstić information content (AvgIpc) is 2.33. The van der Waals surface area contributed by atoms with Gasteiger partial charge in [0, 0.05) is 5.92 Å². The molecule has 1 saturated carbocycles. The Morgan fingerprint density at radius 3 is 2.76 bits per heavy atom. The molecule has 0 aromatic rings. The van der Waals surface area contributed by atoms with Gasteiger partial charge < -0.3 is 5.11 Å². The van der Waals surface area contributed by atoms with E-state index in [4.69, 9.17) is 0 Å². The van der Waals surface area contributed by atoms with Crippen LogP contribution in [0.25, 0.3) is 0 Å². The second kappa shape index (κ2) is 4.56. The SMILES string of the molecule is CC(C)[C@@]1(O)CC[C@@H](C)[C@@H]2CCC(C=O)=C[C@H]21. The molecular formula is C15H24O2. The third-order valence-electron chi connectivity index (χ3n) is 5.08. The van der Waals surface area contributed by atoms with Crippen molar-refractivity contribution in [3.63, 3.8) is 0 Å². The van der Waals surface area contributed by atoms with Crippen LogP contribution in [-0.4, -0.2) is 17.0 Å². The quantitative estimate of drug-likeness (QED) is 0.748. The predicted molar refractivity (Wildman–Crippen MR) is 68.5 cm³/mol. The number of carbonyl (C=O) groups is 1. The molecule has 0 aromatic carbocycles. The maximum atomic E-state index is 10.9.